The van der Waals surface area contributed by atoms with Crippen molar-refractivity contribution in [2.24, 2.45) is 23.3 Å². The molecule has 9 heteroatoms. The number of esters is 1. The second kappa shape index (κ2) is 9.05. The number of phenols is 1. The van der Waals surface area contributed by atoms with E-state index in [1.165, 1.54) is 6.07 Å². The summed E-state index contributed by atoms with van der Waals surface area (Å²) in [6.07, 6.45) is 2.26. The van der Waals surface area contributed by atoms with E-state index in [1.807, 2.05) is 38.1 Å². The number of benzene rings is 2. The van der Waals surface area contributed by atoms with Crippen LogP contribution in [0.5, 0.6) is 11.5 Å². The summed E-state index contributed by atoms with van der Waals surface area (Å²) in [5.41, 5.74) is 12.2. The molecule has 0 unspecified atom stereocenters. The molecule has 4 aliphatic heterocycles. The molecule has 9 nitrogen and oxygen atoms in total. The van der Waals surface area contributed by atoms with Gasteiger partial charge >= 0.3 is 5.97 Å². The third kappa shape index (κ3) is 4.00. The van der Waals surface area contributed by atoms with Gasteiger partial charge in [-0.1, -0.05) is 24.3 Å². The van der Waals surface area contributed by atoms with Gasteiger partial charge in [0.05, 0.1) is 6.17 Å². The Morgan fingerprint density at radius 2 is 1.83 bits per heavy atom. The molecule has 5 N–H and O–H groups in total. The first-order chi connectivity index (χ1) is 19.5. The van der Waals surface area contributed by atoms with Crippen molar-refractivity contribution in [1.29, 1.82) is 0 Å². The molecule has 2 aromatic carbocycles. The van der Waals surface area contributed by atoms with Crippen LogP contribution in [-0.2, 0) is 20.7 Å². The van der Waals surface area contributed by atoms with E-state index in [2.05, 4.69) is 0 Å². The zero-order valence-corrected chi connectivity index (χ0v) is 23.5. The van der Waals surface area contributed by atoms with E-state index in [0.29, 0.717) is 23.5 Å². The Kier molecular flexibility index (Phi) is 5.85. The smallest absolute Gasteiger partial charge is 0.341 e. The molecular formula is C32H36N2O7. The lowest BCUT2D eigenvalue weighted by atomic mass is 9.66. The van der Waals surface area contributed by atoms with Gasteiger partial charge in [0.15, 0.2) is 11.0 Å². The standard InChI is InChI=1S/C32H36N2O7/c1-15-11-20(35)25-21(38-15)14-22-26(27(25)36)24-17-7-9-19(10-8-17)32(30(37)39-28(24)31(2,3)40-22)23(41-32)13-16-5-4-6-18(12-16)29(33)34/h4-6,11-12,14,17,19,23-24,28-29,36H,7-10,13,33-34H2,1-3H3/t17?,19?,23-,24-,28-,32+/m1/s1. The molecular weight excluding hydrogens is 524 g/mol. The van der Waals surface area contributed by atoms with Crippen LogP contribution in [0.25, 0.3) is 11.0 Å². The summed E-state index contributed by atoms with van der Waals surface area (Å²) in [6, 6.07) is 10.8. The first kappa shape index (κ1) is 26.5. The second-order valence-corrected chi connectivity index (χ2v) is 12.8. The summed E-state index contributed by atoms with van der Waals surface area (Å²) in [4.78, 5) is 27.1. The van der Waals surface area contributed by atoms with Crippen LogP contribution in [0.4, 0.5) is 0 Å². The number of nitrogens with two attached hydrogens (primary N) is 2. The van der Waals surface area contributed by atoms with Gasteiger partial charge in [0.1, 0.15) is 46.0 Å². The molecule has 5 aliphatic rings. The lowest BCUT2D eigenvalue weighted by molar-refractivity contribution is -0.172. The predicted molar refractivity (Wildman–Crippen MR) is 151 cm³/mol. The predicted octanol–water partition coefficient (Wildman–Crippen LogP) is 4.09. The van der Waals surface area contributed by atoms with Crippen molar-refractivity contribution >= 4 is 16.9 Å². The Hall–Kier alpha value is -3.40. The number of carbonyl (C=O) groups excluding carboxylic acids is 1. The topological polar surface area (TPSA) is 151 Å². The quantitative estimate of drug-likeness (QED) is 0.244. The minimum Gasteiger partial charge on any atom is -0.507 e. The number of epoxide rings is 1. The minimum absolute atomic E-state index is 0.0278. The number of fused-ring (bicyclic) bond motifs is 5. The molecule has 0 radical (unpaired) electrons. The van der Waals surface area contributed by atoms with Gasteiger partial charge in [0.25, 0.3) is 0 Å². The highest BCUT2D eigenvalue weighted by molar-refractivity contribution is 5.88. The van der Waals surface area contributed by atoms with E-state index in [-0.39, 0.29) is 52.0 Å². The summed E-state index contributed by atoms with van der Waals surface area (Å²) >= 11 is 0. The molecule has 1 aliphatic carbocycles. The molecule has 4 atom stereocenters. The van der Waals surface area contributed by atoms with E-state index in [1.54, 1.807) is 13.0 Å². The zero-order chi connectivity index (χ0) is 28.8. The van der Waals surface area contributed by atoms with Crippen molar-refractivity contribution in [2.45, 2.75) is 88.4 Å². The van der Waals surface area contributed by atoms with Gasteiger partial charge in [0.2, 0.25) is 0 Å². The number of aryl methyl sites for hydroxylation is 1. The lowest BCUT2D eigenvalue weighted by Gasteiger charge is -2.47. The summed E-state index contributed by atoms with van der Waals surface area (Å²) in [5, 5.41) is 11.7. The molecule has 3 saturated heterocycles. The van der Waals surface area contributed by atoms with Crippen LogP contribution >= 0.6 is 0 Å². The Morgan fingerprint density at radius 3 is 2.56 bits per heavy atom. The van der Waals surface area contributed by atoms with E-state index >= 15 is 0 Å². The Morgan fingerprint density at radius 1 is 1.07 bits per heavy atom. The summed E-state index contributed by atoms with van der Waals surface area (Å²) in [5.74, 6) is 0.183. The van der Waals surface area contributed by atoms with Gasteiger partial charge in [-0.25, -0.2) is 4.79 Å². The SMILES string of the molecule is Cc1cc(=O)c2c(O)c3c(cc2o1)OC(C)(C)[C@@H]1OC(=O)[C@]2(O[C@@H]2Cc2cccc(C(N)N)c2)C2CCC(CC2)[C@H]31. The first-order valence-electron chi connectivity index (χ1n) is 14.5. The van der Waals surface area contributed by atoms with Gasteiger partial charge in [-0.2, -0.15) is 0 Å². The van der Waals surface area contributed by atoms with Crippen LogP contribution in [-0.4, -0.2) is 34.5 Å². The summed E-state index contributed by atoms with van der Waals surface area (Å²) in [7, 11) is 0. The zero-order valence-electron chi connectivity index (χ0n) is 23.5. The lowest BCUT2D eigenvalue weighted by Crippen LogP contribution is -2.53. The maximum atomic E-state index is 14.1. The van der Waals surface area contributed by atoms with Gasteiger partial charge < -0.3 is 35.2 Å². The fourth-order valence-electron chi connectivity index (χ4n) is 7.80. The average Bonchev–Trinajstić information content (AvgIpc) is 3.61. The van der Waals surface area contributed by atoms with Crippen LogP contribution in [0.1, 0.15) is 74.1 Å². The molecule has 1 spiro atoms. The summed E-state index contributed by atoms with van der Waals surface area (Å²) in [6.45, 7) is 5.50. The number of hydrogen-bond donors (Lipinski definition) is 3. The van der Waals surface area contributed by atoms with Gasteiger partial charge in [0, 0.05) is 36.0 Å². The van der Waals surface area contributed by atoms with Crippen LogP contribution in [0.15, 0.2) is 45.6 Å². The van der Waals surface area contributed by atoms with Crippen LogP contribution in [0, 0.1) is 18.8 Å². The molecule has 0 amide bonds. The number of hydrogen-bond acceptors (Lipinski definition) is 9. The Balaban J connectivity index is 1.28. The third-order valence-corrected chi connectivity index (χ3v) is 9.79. The number of carbonyl (C=O) groups is 1. The maximum Gasteiger partial charge on any atom is 0.341 e. The monoisotopic (exact) mass is 560 g/mol. The third-order valence-electron chi connectivity index (χ3n) is 9.79. The number of rotatable bonds is 3. The van der Waals surface area contributed by atoms with Crippen LogP contribution in [0.3, 0.4) is 0 Å². The van der Waals surface area contributed by atoms with Crippen molar-refractivity contribution in [3.8, 4) is 11.5 Å². The summed E-state index contributed by atoms with van der Waals surface area (Å²) < 4.78 is 25.0. The van der Waals surface area contributed by atoms with Gasteiger partial charge in [-0.15, -0.1) is 0 Å². The second-order valence-electron chi connectivity index (χ2n) is 12.8. The molecule has 3 aromatic rings. The molecule has 216 valence electrons. The Bertz CT molecular complexity index is 1620. The van der Waals surface area contributed by atoms with Gasteiger partial charge in [-0.05, 0) is 63.5 Å². The van der Waals surface area contributed by atoms with Crippen molar-refractivity contribution < 1.29 is 28.5 Å². The van der Waals surface area contributed by atoms with Crippen molar-refractivity contribution in [1.82, 2.24) is 0 Å². The average molecular weight is 561 g/mol. The number of ether oxygens (including phenoxy) is 3. The van der Waals surface area contributed by atoms with E-state index in [9.17, 15) is 14.7 Å². The number of phenolic OH excluding ortho intramolecular Hbond substituents is 1. The van der Waals surface area contributed by atoms with E-state index in [4.69, 9.17) is 30.1 Å². The largest absolute Gasteiger partial charge is 0.507 e. The molecule has 5 heterocycles. The highest BCUT2D eigenvalue weighted by Gasteiger charge is 2.70. The Labute approximate surface area is 237 Å². The van der Waals surface area contributed by atoms with E-state index in [0.717, 1.165) is 36.8 Å². The molecule has 2 bridgehead atoms. The highest BCUT2D eigenvalue weighted by atomic mass is 16.7. The molecule has 8 rings (SSSR count). The first-order valence-corrected chi connectivity index (χ1v) is 14.5. The number of aromatic hydroxyl groups is 1. The molecule has 4 fully saturated rings. The van der Waals surface area contributed by atoms with Crippen molar-refractivity contribution in [3.63, 3.8) is 0 Å². The van der Waals surface area contributed by atoms with Crippen molar-refractivity contribution in [2.75, 3.05) is 0 Å². The molecule has 41 heavy (non-hydrogen) atoms. The fraction of sp³-hybridized carbons (Fsp3) is 0.500. The van der Waals surface area contributed by atoms with E-state index < -0.39 is 23.5 Å². The van der Waals surface area contributed by atoms with Crippen molar-refractivity contribution in [3.05, 3.63) is 69.1 Å². The minimum atomic E-state index is -1.03. The van der Waals surface area contributed by atoms with Crippen LogP contribution in [0.2, 0.25) is 0 Å². The molecule has 1 aromatic heterocycles. The molecule has 1 saturated carbocycles. The van der Waals surface area contributed by atoms with Gasteiger partial charge in [-0.3, -0.25) is 4.79 Å². The van der Waals surface area contributed by atoms with Crippen LogP contribution < -0.4 is 21.6 Å². The highest BCUT2D eigenvalue weighted by Crippen LogP contribution is 2.59. The normalized spacial score (nSPS) is 31.6. The maximum absolute atomic E-state index is 14.1. The fourth-order valence-corrected chi connectivity index (χ4v) is 7.80.